The van der Waals surface area contributed by atoms with Crippen molar-refractivity contribution < 1.29 is 0 Å². The standard InChI is InChI=1S/C11H19N3/c1-9(2)14-8-10(7-13-14)6-11-4-3-5-12-11/h7-9,11-12H,3-6H2,1-2H3/t11-/m1/s1. The largest absolute Gasteiger partial charge is 0.314 e. The van der Waals surface area contributed by atoms with E-state index in [1.165, 1.54) is 24.9 Å². The first-order valence-electron chi connectivity index (χ1n) is 5.52. The summed E-state index contributed by atoms with van der Waals surface area (Å²) in [4.78, 5) is 0. The highest BCUT2D eigenvalue weighted by Gasteiger charge is 2.15. The fourth-order valence-electron chi connectivity index (χ4n) is 1.98. The zero-order valence-corrected chi connectivity index (χ0v) is 9.03. The molecule has 1 aliphatic rings. The lowest BCUT2D eigenvalue weighted by molar-refractivity contribution is 0.531. The van der Waals surface area contributed by atoms with Gasteiger partial charge in [0.2, 0.25) is 0 Å². The van der Waals surface area contributed by atoms with Crippen molar-refractivity contribution in [3.63, 3.8) is 0 Å². The molecular weight excluding hydrogens is 174 g/mol. The summed E-state index contributed by atoms with van der Waals surface area (Å²) in [6.07, 6.45) is 7.94. The van der Waals surface area contributed by atoms with Gasteiger partial charge in [-0.25, -0.2) is 0 Å². The van der Waals surface area contributed by atoms with Crippen molar-refractivity contribution in [3.05, 3.63) is 18.0 Å². The number of nitrogens with one attached hydrogen (secondary N) is 1. The second-order valence-corrected chi connectivity index (χ2v) is 4.42. The van der Waals surface area contributed by atoms with Crippen molar-refractivity contribution in [2.75, 3.05) is 6.54 Å². The van der Waals surface area contributed by atoms with Crippen LogP contribution in [-0.4, -0.2) is 22.4 Å². The van der Waals surface area contributed by atoms with Crippen LogP contribution >= 0.6 is 0 Å². The molecule has 1 aliphatic heterocycles. The van der Waals surface area contributed by atoms with Crippen molar-refractivity contribution in [2.45, 2.75) is 45.2 Å². The summed E-state index contributed by atoms with van der Waals surface area (Å²) >= 11 is 0. The van der Waals surface area contributed by atoms with Crippen molar-refractivity contribution >= 4 is 0 Å². The Bertz CT molecular complexity index is 284. The van der Waals surface area contributed by atoms with Gasteiger partial charge in [-0.1, -0.05) is 0 Å². The summed E-state index contributed by atoms with van der Waals surface area (Å²) in [7, 11) is 0. The Morgan fingerprint density at radius 2 is 2.50 bits per heavy atom. The van der Waals surface area contributed by atoms with E-state index in [-0.39, 0.29) is 0 Å². The molecule has 1 fully saturated rings. The van der Waals surface area contributed by atoms with Gasteiger partial charge in [-0.05, 0) is 45.2 Å². The Balaban J connectivity index is 1.95. The summed E-state index contributed by atoms with van der Waals surface area (Å²) in [5.41, 5.74) is 1.36. The molecule has 78 valence electrons. The minimum Gasteiger partial charge on any atom is -0.314 e. The average molecular weight is 193 g/mol. The van der Waals surface area contributed by atoms with Crippen LogP contribution in [0.25, 0.3) is 0 Å². The minimum atomic E-state index is 0.472. The van der Waals surface area contributed by atoms with Crippen molar-refractivity contribution in [2.24, 2.45) is 0 Å². The van der Waals surface area contributed by atoms with Gasteiger partial charge in [-0.3, -0.25) is 4.68 Å². The summed E-state index contributed by atoms with van der Waals surface area (Å²) in [5, 5.41) is 7.85. The molecule has 14 heavy (non-hydrogen) atoms. The van der Waals surface area contributed by atoms with E-state index < -0.39 is 0 Å². The lowest BCUT2D eigenvalue weighted by Gasteiger charge is -2.07. The van der Waals surface area contributed by atoms with Gasteiger partial charge in [0.15, 0.2) is 0 Å². The van der Waals surface area contributed by atoms with Crippen LogP contribution in [0.3, 0.4) is 0 Å². The molecule has 1 N–H and O–H groups in total. The lowest BCUT2D eigenvalue weighted by atomic mass is 10.1. The predicted octanol–water partition coefficient (Wildman–Crippen LogP) is 1.76. The lowest BCUT2D eigenvalue weighted by Crippen LogP contribution is -2.23. The van der Waals surface area contributed by atoms with Gasteiger partial charge >= 0.3 is 0 Å². The maximum Gasteiger partial charge on any atom is 0.0522 e. The Labute approximate surface area is 85.5 Å². The maximum absolute atomic E-state index is 4.35. The van der Waals surface area contributed by atoms with Gasteiger partial charge in [0.25, 0.3) is 0 Å². The molecule has 2 heterocycles. The highest BCUT2D eigenvalue weighted by atomic mass is 15.3. The predicted molar refractivity (Wildman–Crippen MR) is 57.3 cm³/mol. The molecule has 1 atom stereocenters. The van der Waals surface area contributed by atoms with Crippen LogP contribution in [0.2, 0.25) is 0 Å². The van der Waals surface area contributed by atoms with Crippen LogP contribution < -0.4 is 5.32 Å². The molecule has 3 heteroatoms. The maximum atomic E-state index is 4.35. The van der Waals surface area contributed by atoms with Crippen LogP contribution in [0.1, 0.15) is 38.3 Å². The Morgan fingerprint density at radius 1 is 1.64 bits per heavy atom. The molecule has 0 unspecified atom stereocenters. The molecule has 1 aromatic rings. The number of nitrogens with zero attached hydrogens (tertiary/aromatic N) is 2. The molecule has 2 rings (SSSR count). The Kier molecular flexibility index (Phi) is 2.87. The molecule has 0 aliphatic carbocycles. The minimum absolute atomic E-state index is 0.472. The summed E-state index contributed by atoms with van der Waals surface area (Å²) in [5.74, 6) is 0. The van der Waals surface area contributed by atoms with Crippen LogP contribution in [0.15, 0.2) is 12.4 Å². The first-order chi connectivity index (χ1) is 6.75. The molecule has 3 nitrogen and oxygen atoms in total. The molecule has 0 aromatic carbocycles. The fourth-order valence-corrected chi connectivity index (χ4v) is 1.98. The van der Waals surface area contributed by atoms with E-state index in [1.54, 1.807) is 0 Å². The second kappa shape index (κ2) is 4.13. The first kappa shape index (κ1) is 9.71. The normalized spacial score (nSPS) is 22.1. The van der Waals surface area contributed by atoms with Gasteiger partial charge in [-0.2, -0.15) is 5.10 Å². The van der Waals surface area contributed by atoms with E-state index in [4.69, 9.17) is 0 Å². The van der Waals surface area contributed by atoms with E-state index in [1.807, 2.05) is 10.9 Å². The molecule has 1 saturated heterocycles. The molecule has 1 aromatic heterocycles. The number of hydrogen-bond donors (Lipinski definition) is 1. The third-order valence-electron chi connectivity index (χ3n) is 2.83. The SMILES string of the molecule is CC(C)n1cc(C[C@H]2CCCN2)cn1. The average Bonchev–Trinajstić information content (AvgIpc) is 2.75. The Hall–Kier alpha value is -0.830. The molecule has 0 radical (unpaired) electrons. The van der Waals surface area contributed by atoms with E-state index in [9.17, 15) is 0 Å². The molecular formula is C11H19N3. The van der Waals surface area contributed by atoms with Crippen molar-refractivity contribution in [1.29, 1.82) is 0 Å². The number of aromatic nitrogens is 2. The second-order valence-electron chi connectivity index (χ2n) is 4.42. The monoisotopic (exact) mass is 193 g/mol. The molecule has 0 amide bonds. The van der Waals surface area contributed by atoms with E-state index in [0.717, 1.165) is 6.42 Å². The van der Waals surface area contributed by atoms with Crippen LogP contribution in [0.5, 0.6) is 0 Å². The van der Waals surface area contributed by atoms with Gasteiger partial charge in [-0.15, -0.1) is 0 Å². The Morgan fingerprint density at radius 3 is 3.07 bits per heavy atom. The van der Waals surface area contributed by atoms with Gasteiger partial charge in [0.1, 0.15) is 0 Å². The first-order valence-corrected chi connectivity index (χ1v) is 5.52. The van der Waals surface area contributed by atoms with Crippen LogP contribution in [0.4, 0.5) is 0 Å². The molecule has 0 spiro atoms. The molecule has 0 saturated carbocycles. The smallest absolute Gasteiger partial charge is 0.0522 e. The van der Waals surface area contributed by atoms with Crippen LogP contribution in [0, 0.1) is 0 Å². The topological polar surface area (TPSA) is 29.9 Å². The van der Waals surface area contributed by atoms with Gasteiger partial charge in [0.05, 0.1) is 6.20 Å². The highest BCUT2D eigenvalue weighted by Crippen LogP contribution is 2.12. The number of rotatable bonds is 3. The zero-order valence-electron chi connectivity index (χ0n) is 9.03. The van der Waals surface area contributed by atoms with Gasteiger partial charge < -0.3 is 5.32 Å². The van der Waals surface area contributed by atoms with Crippen LogP contribution in [-0.2, 0) is 6.42 Å². The number of hydrogen-bond acceptors (Lipinski definition) is 2. The van der Waals surface area contributed by atoms with E-state index in [0.29, 0.717) is 12.1 Å². The quantitative estimate of drug-likeness (QED) is 0.792. The van der Waals surface area contributed by atoms with E-state index in [2.05, 4.69) is 30.5 Å². The third-order valence-corrected chi connectivity index (χ3v) is 2.83. The summed E-state index contributed by atoms with van der Waals surface area (Å²) in [6.45, 7) is 5.50. The van der Waals surface area contributed by atoms with Gasteiger partial charge in [0, 0.05) is 18.3 Å². The zero-order chi connectivity index (χ0) is 9.97. The third kappa shape index (κ3) is 2.15. The highest BCUT2D eigenvalue weighted by molar-refractivity contribution is 5.07. The van der Waals surface area contributed by atoms with Crippen molar-refractivity contribution in [3.8, 4) is 0 Å². The van der Waals surface area contributed by atoms with Crippen molar-refractivity contribution in [1.82, 2.24) is 15.1 Å². The van der Waals surface area contributed by atoms with E-state index >= 15 is 0 Å². The summed E-state index contributed by atoms with van der Waals surface area (Å²) in [6, 6.07) is 1.15. The summed E-state index contributed by atoms with van der Waals surface area (Å²) < 4.78 is 2.03. The fraction of sp³-hybridized carbons (Fsp3) is 0.727. The molecule has 0 bridgehead atoms.